The summed E-state index contributed by atoms with van der Waals surface area (Å²) >= 11 is 9.32. The Morgan fingerprint density at radius 1 is 1.33 bits per heavy atom. The van der Waals surface area contributed by atoms with E-state index < -0.39 is 0 Å². The molecule has 6 heteroatoms. The molecule has 0 spiro atoms. The van der Waals surface area contributed by atoms with E-state index in [0.29, 0.717) is 10.7 Å². The van der Waals surface area contributed by atoms with Crippen LogP contribution in [0.1, 0.15) is 40.5 Å². The zero-order chi connectivity index (χ0) is 16.7. The van der Waals surface area contributed by atoms with Gasteiger partial charge in [-0.25, -0.2) is 4.98 Å². The molecule has 2 heterocycles. The van der Waals surface area contributed by atoms with Crippen LogP contribution in [0.5, 0.6) is 0 Å². The molecule has 0 fully saturated rings. The minimum absolute atomic E-state index is 0.0110. The van der Waals surface area contributed by atoms with E-state index in [1.54, 1.807) is 12.1 Å². The van der Waals surface area contributed by atoms with Gasteiger partial charge in [-0.15, -0.1) is 0 Å². The van der Waals surface area contributed by atoms with Gasteiger partial charge in [0.2, 0.25) is 0 Å². The Kier molecular flexibility index (Phi) is 4.06. The summed E-state index contributed by atoms with van der Waals surface area (Å²) in [5.41, 5.74) is 4.05. The first-order chi connectivity index (χ1) is 11.6. The highest BCUT2D eigenvalue weighted by atomic mass is 79.9. The molecule has 2 N–H and O–H groups in total. The zero-order valence-corrected chi connectivity index (χ0v) is 15.1. The number of H-pyrrole nitrogens is 1. The van der Waals surface area contributed by atoms with Crippen molar-refractivity contribution in [3.05, 3.63) is 63.0 Å². The molecule has 1 aromatic carbocycles. The molecule has 2 aromatic heterocycles. The molecule has 4 rings (SSSR count). The first-order valence-corrected chi connectivity index (χ1v) is 9.01. The smallest absolute Gasteiger partial charge is 0.253 e. The van der Waals surface area contributed by atoms with E-state index in [9.17, 15) is 4.79 Å². The molecule has 0 saturated heterocycles. The van der Waals surface area contributed by atoms with Crippen molar-refractivity contribution in [2.24, 2.45) is 0 Å². The second kappa shape index (κ2) is 6.22. The second-order valence-electron chi connectivity index (χ2n) is 6.00. The summed E-state index contributed by atoms with van der Waals surface area (Å²) in [6.45, 7) is 0. The highest BCUT2D eigenvalue weighted by Gasteiger charge is 2.26. The summed E-state index contributed by atoms with van der Waals surface area (Å²) < 4.78 is 1.06. The van der Waals surface area contributed by atoms with Crippen molar-refractivity contribution < 1.29 is 4.79 Å². The molecule has 1 amide bonds. The molecule has 1 atom stereocenters. The predicted octanol–water partition coefficient (Wildman–Crippen LogP) is 4.79. The Balaban J connectivity index is 1.65. The molecule has 1 aliphatic carbocycles. The molecule has 24 heavy (non-hydrogen) atoms. The first kappa shape index (κ1) is 15.7. The van der Waals surface area contributed by atoms with Crippen molar-refractivity contribution in [2.75, 3.05) is 0 Å². The third-order valence-electron chi connectivity index (χ3n) is 4.46. The molecule has 0 aliphatic heterocycles. The highest BCUT2D eigenvalue weighted by molar-refractivity contribution is 9.10. The maximum Gasteiger partial charge on any atom is 0.253 e. The number of rotatable bonds is 2. The summed E-state index contributed by atoms with van der Waals surface area (Å²) in [5, 5.41) is 4.73. The van der Waals surface area contributed by atoms with Gasteiger partial charge >= 0.3 is 0 Å². The van der Waals surface area contributed by atoms with Gasteiger partial charge in [-0.2, -0.15) is 0 Å². The van der Waals surface area contributed by atoms with Crippen LogP contribution in [0.4, 0.5) is 0 Å². The van der Waals surface area contributed by atoms with Crippen molar-refractivity contribution in [3.8, 4) is 0 Å². The number of carbonyl (C=O) groups is 1. The van der Waals surface area contributed by atoms with Crippen LogP contribution >= 0.6 is 27.5 Å². The van der Waals surface area contributed by atoms with Gasteiger partial charge in [0, 0.05) is 27.3 Å². The fraction of sp³-hybridized carbons (Fsp3) is 0.222. The lowest BCUT2D eigenvalue weighted by Crippen LogP contribution is -2.31. The van der Waals surface area contributed by atoms with Crippen LogP contribution in [-0.2, 0) is 6.42 Å². The lowest BCUT2D eigenvalue weighted by atomic mass is 9.91. The summed E-state index contributed by atoms with van der Waals surface area (Å²) in [4.78, 5) is 19.9. The van der Waals surface area contributed by atoms with E-state index in [2.05, 4.69) is 43.3 Å². The molecule has 1 unspecified atom stereocenters. The number of benzene rings is 1. The maximum atomic E-state index is 12.5. The fourth-order valence-electron chi connectivity index (χ4n) is 3.33. The van der Waals surface area contributed by atoms with E-state index >= 15 is 0 Å². The summed E-state index contributed by atoms with van der Waals surface area (Å²) in [6, 6.07) is 9.54. The van der Waals surface area contributed by atoms with Gasteiger partial charge < -0.3 is 10.3 Å². The molecular weight excluding hydrogens is 390 g/mol. The van der Waals surface area contributed by atoms with Crippen molar-refractivity contribution in [1.29, 1.82) is 0 Å². The van der Waals surface area contributed by atoms with Crippen LogP contribution in [0.2, 0.25) is 5.15 Å². The molecule has 122 valence electrons. The van der Waals surface area contributed by atoms with Crippen LogP contribution in [-0.4, -0.2) is 15.9 Å². The highest BCUT2D eigenvalue weighted by Crippen LogP contribution is 2.35. The maximum absolute atomic E-state index is 12.5. The van der Waals surface area contributed by atoms with Crippen LogP contribution < -0.4 is 5.32 Å². The number of aryl methyl sites for hydroxylation is 1. The number of amides is 1. The molecule has 3 aromatic rings. The molecule has 0 bridgehead atoms. The normalized spacial score (nSPS) is 16.8. The number of hydrogen-bond donors (Lipinski definition) is 2. The minimum atomic E-state index is -0.128. The predicted molar refractivity (Wildman–Crippen MR) is 98.4 cm³/mol. The van der Waals surface area contributed by atoms with Gasteiger partial charge in [-0.05, 0) is 55.2 Å². The minimum Gasteiger partial charge on any atom is -0.356 e. The number of aromatic amines is 1. The Bertz CT molecular complexity index is 920. The topological polar surface area (TPSA) is 57.8 Å². The van der Waals surface area contributed by atoms with Crippen LogP contribution in [0.15, 0.2) is 41.0 Å². The second-order valence-corrected chi connectivity index (χ2v) is 7.30. The number of nitrogens with zero attached hydrogens (tertiary/aromatic N) is 1. The first-order valence-electron chi connectivity index (χ1n) is 7.84. The average Bonchev–Trinajstić information content (AvgIpc) is 2.94. The number of aromatic nitrogens is 2. The SMILES string of the molecule is O=C(NC1CCCc2c1[nH]c1ccc(Br)cc21)c1ccc(Cl)nc1. The number of carbonyl (C=O) groups excluding carboxylic acids is 1. The van der Waals surface area contributed by atoms with Crippen molar-refractivity contribution in [3.63, 3.8) is 0 Å². The third kappa shape index (κ3) is 2.82. The largest absolute Gasteiger partial charge is 0.356 e. The van der Waals surface area contributed by atoms with Gasteiger partial charge in [0.05, 0.1) is 11.6 Å². The molecular formula is C18H15BrClN3O. The van der Waals surface area contributed by atoms with Gasteiger partial charge in [-0.3, -0.25) is 4.79 Å². The number of hydrogen-bond acceptors (Lipinski definition) is 2. The Labute approximate surface area is 152 Å². The summed E-state index contributed by atoms with van der Waals surface area (Å²) in [5.74, 6) is -0.128. The van der Waals surface area contributed by atoms with E-state index in [1.807, 2.05) is 6.07 Å². The average molecular weight is 405 g/mol. The van der Waals surface area contributed by atoms with Gasteiger partial charge in [0.15, 0.2) is 0 Å². The van der Waals surface area contributed by atoms with Crippen LogP contribution in [0.3, 0.4) is 0 Å². The Morgan fingerprint density at radius 3 is 3.00 bits per heavy atom. The standard InChI is InChI=1S/C18H15BrClN3O/c19-11-5-6-14-13(8-11)12-2-1-3-15(17(12)22-14)23-18(24)10-4-7-16(20)21-9-10/h4-9,15,22H,1-3H2,(H,23,24). The van der Waals surface area contributed by atoms with E-state index in [1.165, 1.54) is 17.1 Å². The van der Waals surface area contributed by atoms with Gasteiger partial charge in [0.25, 0.3) is 5.91 Å². The Hall–Kier alpha value is -1.85. The molecule has 1 aliphatic rings. The zero-order valence-electron chi connectivity index (χ0n) is 12.8. The molecule has 0 saturated carbocycles. The number of halogens is 2. The van der Waals surface area contributed by atoms with Crippen molar-refractivity contribution >= 4 is 44.3 Å². The monoisotopic (exact) mass is 403 g/mol. The Morgan fingerprint density at radius 2 is 2.21 bits per heavy atom. The number of nitrogens with one attached hydrogen (secondary N) is 2. The van der Waals surface area contributed by atoms with Gasteiger partial charge in [0.1, 0.15) is 5.15 Å². The number of pyridine rings is 1. The fourth-order valence-corrected chi connectivity index (χ4v) is 3.80. The number of fused-ring (bicyclic) bond motifs is 3. The van der Waals surface area contributed by atoms with E-state index in [4.69, 9.17) is 11.6 Å². The van der Waals surface area contributed by atoms with E-state index in [0.717, 1.165) is 34.9 Å². The third-order valence-corrected chi connectivity index (χ3v) is 5.18. The summed E-state index contributed by atoms with van der Waals surface area (Å²) in [7, 11) is 0. The van der Waals surface area contributed by atoms with Crippen LogP contribution in [0.25, 0.3) is 10.9 Å². The van der Waals surface area contributed by atoms with Gasteiger partial charge in [-0.1, -0.05) is 27.5 Å². The lowest BCUT2D eigenvalue weighted by Gasteiger charge is -2.23. The lowest BCUT2D eigenvalue weighted by molar-refractivity contribution is 0.0931. The van der Waals surface area contributed by atoms with Crippen molar-refractivity contribution in [2.45, 2.75) is 25.3 Å². The van der Waals surface area contributed by atoms with Crippen molar-refractivity contribution in [1.82, 2.24) is 15.3 Å². The quantitative estimate of drug-likeness (QED) is 0.604. The van der Waals surface area contributed by atoms with E-state index in [-0.39, 0.29) is 11.9 Å². The summed E-state index contributed by atoms with van der Waals surface area (Å²) in [6.07, 6.45) is 4.51. The molecule has 0 radical (unpaired) electrons. The molecule has 4 nitrogen and oxygen atoms in total. The van der Waals surface area contributed by atoms with Crippen LogP contribution in [0, 0.1) is 0 Å².